The van der Waals surface area contributed by atoms with Crippen LogP contribution in [0.1, 0.15) is 46.2 Å². The Morgan fingerprint density at radius 2 is 2.00 bits per heavy atom. The molecule has 0 bridgehead atoms. The highest BCUT2D eigenvalue weighted by molar-refractivity contribution is 5.99. The summed E-state index contributed by atoms with van der Waals surface area (Å²) in [7, 11) is 1.58. The summed E-state index contributed by atoms with van der Waals surface area (Å²) in [6.07, 6.45) is 2.33. The van der Waals surface area contributed by atoms with E-state index in [1.165, 1.54) is 16.8 Å². The van der Waals surface area contributed by atoms with E-state index in [9.17, 15) is 28.3 Å². The van der Waals surface area contributed by atoms with Crippen LogP contribution >= 0.6 is 12.4 Å². The van der Waals surface area contributed by atoms with E-state index in [1.807, 2.05) is 0 Å². The second-order valence-corrected chi connectivity index (χ2v) is 8.17. The number of carbonyl (C=O) groups is 2. The SMILES string of the molecule is CCN1C[C@]2(C[C@@H](OC)C2)n2cc(C(=O)NCc3ccc(F)cc3F)c(=O)c(O)c2C1=O.Cl. The molecule has 1 spiro atoms. The Labute approximate surface area is 194 Å². The minimum Gasteiger partial charge on any atom is -0.503 e. The number of rotatable bonds is 5. The minimum atomic E-state index is -0.989. The van der Waals surface area contributed by atoms with Crippen molar-refractivity contribution in [3.63, 3.8) is 0 Å². The number of nitrogens with zero attached hydrogens (tertiary/aromatic N) is 2. The molecule has 4 rings (SSSR count). The van der Waals surface area contributed by atoms with Gasteiger partial charge in [0, 0.05) is 44.6 Å². The first-order valence-corrected chi connectivity index (χ1v) is 10.2. The molecule has 2 N–H and O–H groups in total. The zero-order valence-corrected chi connectivity index (χ0v) is 18.9. The Morgan fingerprint density at radius 3 is 2.61 bits per heavy atom. The minimum absolute atomic E-state index is 0. The van der Waals surface area contributed by atoms with Crippen LogP contribution in [0, 0.1) is 11.6 Å². The number of nitrogens with one attached hydrogen (secondary N) is 1. The maximum atomic E-state index is 13.9. The van der Waals surface area contributed by atoms with E-state index in [4.69, 9.17) is 4.74 Å². The van der Waals surface area contributed by atoms with E-state index in [1.54, 1.807) is 18.9 Å². The zero-order valence-electron chi connectivity index (χ0n) is 18.1. The number of fused-ring (bicyclic) bond motifs is 2. The van der Waals surface area contributed by atoms with Crippen molar-refractivity contribution in [1.29, 1.82) is 0 Å². The van der Waals surface area contributed by atoms with Crippen molar-refractivity contribution in [1.82, 2.24) is 14.8 Å². The van der Waals surface area contributed by atoms with Crippen LogP contribution in [0.3, 0.4) is 0 Å². The van der Waals surface area contributed by atoms with Gasteiger partial charge in [-0.1, -0.05) is 6.07 Å². The number of amides is 2. The van der Waals surface area contributed by atoms with Crippen LogP contribution in [-0.4, -0.2) is 52.7 Å². The van der Waals surface area contributed by atoms with Crippen LogP contribution in [0.4, 0.5) is 8.78 Å². The lowest BCUT2D eigenvalue weighted by atomic mass is 9.72. The van der Waals surface area contributed by atoms with Crippen molar-refractivity contribution >= 4 is 24.2 Å². The average molecular weight is 484 g/mol. The van der Waals surface area contributed by atoms with Crippen molar-refractivity contribution in [2.45, 2.75) is 38.0 Å². The monoisotopic (exact) mass is 483 g/mol. The van der Waals surface area contributed by atoms with Gasteiger partial charge in [0.05, 0.1) is 11.6 Å². The highest BCUT2D eigenvalue weighted by Crippen LogP contribution is 2.45. The number of ether oxygens (including phenoxy) is 1. The molecule has 11 heteroatoms. The van der Waals surface area contributed by atoms with E-state index >= 15 is 0 Å². The lowest BCUT2D eigenvalue weighted by Crippen LogP contribution is -2.62. The summed E-state index contributed by atoms with van der Waals surface area (Å²) in [5, 5.41) is 13.0. The molecular weight excluding hydrogens is 460 g/mol. The number of benzene rings is 1. The molecule has 2 amide bonds. The third-order valence-electron chi connectivity index (χ3n) is 6.30. The number of carbonyl (C=O) groups excluding carboxylic acids is 2. The summed E-state index contributed by atoms with van der Waals surface area (Å²) in [5.41, 5.74) is -2.08. The Bertz CT molecular complexity index is 1160. The number of halogens is 3. The molecule has 8 nitrogen and oxygen atoms in total. The molecule has 178 valence electrons. The Morgan fingerprint density at radius 1 is 1.30 bits per heavy atom. The number of pyridine rings is 1. The van der Waals surface area contributed by atoms with Gasteiger partial charge < -0.3 is 24.6 Å². The van der Waals surface area contributed by atoms with Crippen LogP contribution in [0.2, 0.25) is 0 Å². The van der Waals surface area contributed by atoms with Crippen molar-refractivity contribution < 1.29 is 28.2 Å². The molecule has 0 radical (unpaired) electrons. The maximum Gasteiger partial charge on any atom is 0.274 e. The van der Waals surface area contributed by atoms with E-state index in [2.05, 4.69) is 5.32 Å². The largest absolute Gasteiger partial charge is 0.503 e. The Kier molecular flexibility index (Phi) is 6.80. The summed E-state index contributed by atoms with van der Waals surface area (Å²) >= 11 is 0. The van der Waals surface area contributed by atoms with E-state index in [-0.39, 0.29) is 41.9 Å². The Balaban J connectivity index is 0.00000306. The molecule has 1 aromatic heterocycles. The van der Waals surface area contributed by atoms with Gasteiger partial charge in [0.1, 0.15) is 17.2 Å². The summed E-state index contributed by atoms with van der Waals surface area (Å²) in [6, 6.07) is 2.94. The average Bonchev–Trinajstić information content (AvgIpc) is 2.74. The van der Waals surface area contributed by atoms with Crippen LogP contribution in [0.25, 0.3) is 0 Å². The van der Waals surface area contributed by atoms with Gasteiger partial charge in [-0.25, -0.2) is 8.78 Å². The first kappa shape index (κ1) is 24.7. The standard InChI is InChI=1S/C22H23F2N3O5.ClH/c1-3-26-11-22(7-14(8-22)32-2)27-10-15(18(28)19(29)17(27)21(26)31)20(30)25-9-12-4-5-13(23)6-16(12)24;/h4-6,10,14,29H,3,7-9,11H2,1-2H3,(H,25,30);1H/t14-,22-;. The predicted molar refractivity (Wildman–Crippen MR) is 117 cm³/mol. The van der Waals surface area contributed by atoms with Crippen LogP contribution < -0.4 is 10.7 Å². The van der Waals surface area contributed by atoms with Crippen LogP contribution in [0.5, 0.6) is 5.75 Å². The highest BCUT2D eigenvalue weighted by Gasteiger charge is 2.52. The molecule has 0 atom stereocenters. The second kappa shape index (κ2) is 9.11. The molecule has 1 aromatic carbocycles. The molecule has 2 aromatic rings. The number of hydrogen-bond donors (Lipinski definition) is 2. The number of likely N-dealkylation sites (N-methyl/N-ethyl adjacent to an activating group) is 1. The summed E-state index contributed by atoms with van der Waals surface area (Å²) < 4.78 is 33.8. The fourth-order valence-electron chi connectivity index (χ4n) is 4.47. The van der Waals surface area contributed by atoms with Gasteiger partial charge in [-0.15, -0.1) is 12.4 Å². The van der Waals surface area contributed by atoms with Crippen molar-refractivity contribution in [3.05, 3.63) is 63.1 Å². The van der Waals surface area contributed by atoms with Crippen LogP contribution in [0.15, 0.2) is 29.2 Å². The van der Waals surface area contributed by atoms with Crippen molar-refractivity contribution in [2.24, 2.45) is 0 Å². The summed E-state index contributed by atoms with van der Waals surface area (Å²) in [4.78, 5) is 39.9. The molecule has 1 aliphatic carbocycles. The molecule has 2 aliphatic rings. The van der Waals surface area contributed by atoms with Crippen LogP contribution in [-0.2, 0) is 16.8 Å². The molecule has 0 unspecified atom stereocenters. The third-order valence-corrected chi connectivity index (χ3v) is 6.30. The predicted octanol–water partition coefficient (Wildman–Crippen LogP) is 2.16. The maximum absolute atomic E-state index is 13.9. The molecule has 1 saturated carbocycles. The van der Waals surface area contributed by atoms with Gasteiger partial charge in [-0.3, -0.25) is 14.4 Å². The normalized spacial score (nSPS) is 21.3. The molecule has 0 saturated heterocycles. The van der Waals surface area contributed by atoms with Crippen molar-refractivity contribution in [2.75, 3.05) is 20.2 Å². The van der Waals surface area contributed by atoms with Gasteiger partial charge in [0.25, 0.3) is 11.8 Å². The van der Waals surface area contributed by atoms with Gasteiger partial charge in [0.2, 0.25) is 5.43 Å². The smallest absolute Gasteiger partial charge is 0.274 e. The van der Waals surface area contributed by atoms with E-state index < -0.39 is 40.2 Å². The van der Waals surface area contributed by atoms with E-state index in [0.717, 1.165) is 6.07 Å². The van der Waals surface area contributed by atoms with E-state index in [0.29, 0.717) is 32.0 Å². The Hall–Kier alpha value is -2.98. The topological polar surface area (TPSA) is 101 Å². The number of aromatic hydroxyl groups is 1. The third kappa shape index (κ3) is 4.08. The fourth-order valence-corrected chi connectivity index (χ4v) is 4.47. The molecular formula is C22H24ClF2N3O5. The first-order valence-electron chi connectivity index (χ1n) is 10.2. The molecule has 2 heterocycles. The molecule has 33 heavy (non-hydrogen) atoms. The van der Waals surface area contributed by atoms with Gasteiger partial charge in [-0.2, -0.15) is 0 Å². The fraction of sp³-hybridized carbons (Fsp3) is 0.409. The van der Waals surface area contributed by atoms with Gasteiger partial charge in [0.15, 0.2) is 11.4 Å². The molecule has 1 aliphatic heterocycles. The summed E-state index contributed by atoms with van der Waals surface area (Å²) in [6.45, 7) is 2.28. The number of aromatic nitrogens is 1. The van der Waals surface area contributed by atoms with Crippen molar-refractivity contribution in [3.8, 4) is 5.75 Å². The van der Waals surface area contributed by atoms with Gasteiger partial charge >= 0.3 is 0 Å². The quantitative estimate of drug-likeness (QED) is 0.679. The first-order chi connectivity index (χ1) is 15.2. The lowest BCUT2D eigenvalue weighted by Gasteiger charge is -2.53. The zero-order chi connectivity index (χ0) is 23.2. The summed E-state index contributed by atoms with van der Waals surface area (Å²) in [5.74, 6) is -3.71. The highest BCUT2D eigenvalue weighted by atomic mass is 35.5. The number of methoxy groups -OCH3 is 1. The van der Waals surface area contributed by atoms with Gasteiger partial charge in [-0.05, 0) is 25.8 Å². The molecule has 1 fully saturated rings. The number of hydrogen-bond acceptors (Lipinski definition) is 5. The second-order valence-electron chi connectivity index (χ2n) is 8.17. The lowest BCUT2D eigenvalue weighted by molar-refractivity contribution is -0.0693.